The van der Waals surface area contributed by atoms with Gasteiger partial charge in [-0.2, -0.15) is 0 Å². The maximum absolute atomic E-state index is 12.5. The normalized spacial score (nSPS) is 10.8. The van der Waals surface area contributed by atoms with Crippen molar-refractivity contribution in [2.24, 2.45) is 0 Å². The van der Waals surface area contributed by atoms with E-state index in [-0.39, 0.29) is 16.9 Å². The van der Waals surface area contributed by atoms with Gasteiger partial charge in [-0.15, -0.1) is 0 Å². The highest BCUT2D eigenvalue weighted by Crippen LogP contribution is 2.32. The molecule has 1 heterocycles. The molecule has 0 radical (unpaired) electrons. The fourth-order valence-electron chi connectivity index (χ4n) is 2.14. The zero-order chi connectivity index (χ0) is 15.0. The fraction of sp³-hybridized carbons (Fsp3) is 0.0625. The van der Waals surface area contributed by atoms with Gasteiger partial charge in [-0.25, -0.2) is 0 Å². The third-order valence-corrected chi connectivity index (χ3v) is 3.38. The number of hydrogen-bond donors (Lipinski definition) is 1. The third-order valence-electron chi connectivity index (χ3n) is 3.15. The molecule has 0 amide bonds. The zero-order valence-electron chi connectivity index (χ0n) is 11.1. The van der Waals surface area contributed by atoms with Crippen LogP contribution in [0.3, 0.4) is 0 Å². The molecule has 0 unspecified atom stereocenters. The minimum Gasteiger partial charge on any atom is -0.508 e. The Morgan fingerprint density at radius 2 is 1.86 bits per heavy atom. The van der Waals surface area contributed by atoms with Gasteiger partial charge >= 0.3 is 0 Å². The molecular formula is C16H11ClO4. The molecule has 0 aliphatic heterocycles. The molecule has 0 aliphatic rings. The maximum atomic E-state index is 12.5. The van der Waals surface area contributed by atoms with Crippen LogP contribution < -0.4 is 10.2 Å². The largest absolute Gasteiger partial charge is 0.508 e. The summed E-state index contributed by atoms with van der Waals surface area (Å²) in [5.74, 6) is 0.552. The van der Waals surface area contributed by atoms with Gasteiger partial charge in [0.15, 0.2) is 5.76 Å². The molecule has 0 saturated heterocycles. The number of rotatable bonds is 2. The number of phenols is 1. The van der Waals surface area contributed by atoms with E-state index in [1.54, 1.807) is 30.3 Å². The van der Waals surface area contributed by atoms with E-state index in [9.17, 15) is 9.90 Å². The van der Waals surface area contributed by atoms with E-state index in [1.807, 2.05) is 0 Å². The first-order valence-electron chi connectivity index (χ1n) is 6.20. The first kappa shape index (κ1) is 13.5. The molecule has 21 heavy (non-hydrogen) atoms. The first-order chi connectivity index (χ1) is 10.1. The van der Waals surface area contributed by atoms with Gasteiger partial charge in [-0.1, -0.05) is 11.6 Å². The van der Waals surface area contributed by atoms with E-state index in [4.69, 9.17) is 20.8 Å². The predicted octanol–water partition coefficient (Wildman–Crippen LogP) is 3.83. The molecule has 1 aromatic heterocycles. The Bertz CT molecular complexity index is 866. The Kier molecular flexibility index (Phi) is 3.31. The Balaban J connectivity index is 2.35. The molecule has 4 nitrogen and oxygen atoms in total. The lowest BCUT2D eigenvalue weighted by Crippen LogP contribution is -2.07. The predicted molar refractivity (Wildman–Crippen MR) is 81.1 cm³/mol. The van der Waals surface area contributed by atoms with Crippen LogP contribution in [0.15, 0.2) is 51.7 Å². The van der Waals surface area contributed by atoms with Crippen molar-refractivity contribution in [3.8, 4) is 22.8 Å². The number of aromatic hydroxyl groups is 1. The van der Waals surface area contributed by atoms with Crippen LogP contribution in [0.25, 0.3) is 22.3 Å². The van der Waals surface area contributed by atoms with Crippen LogP contribution in [0.1, 0.15) is 0 Å². The number of phenolic OH excluding ortho intramolecular Hbond substituents is 1. The number of fused-ring (bicyclic) bond motifs is 1. The van der Waals surface area contributed by atoms with Gasteiger partial charge in [0, 0.05) is 16.7 Å². The summed E-state index contributed by atoms with van der Waals surface area (Å²) in [6.45, 7) is 0. The average molecular weight is 303 g/mol. The van der Waals surface area contributed by atoms with Crippen molar-refractivity contribution in [2.75, 3.05) is 7.11 Å². The van der Waals surface area contributed by atoms with Crippen LogP contribution >= 0.6 is 11.6 Å². The summed E-state index contributed by atoms with van der Waals surface area (Å²) in [6, 6.07) is 11.1. The van der Waals surface area contributed by atoms with Gasteiger partial charge in [-0.05, 0) is 36.4 Å². The highest BCUT2D eigenvalue weighted by Gasteiger charge is 2.16. The highest BCUT2D eigenvalue weighted by molar-refractivity contribution is 6.31. The molecule has 0 bridgehead atoms. The number of methoxy groups -OCH3 is 1. The number of hydrogen-bond acceptors (Lipinski definition) is 4. The molecule has 2 aromatic carbocycles. The number of halogens is 1. The van der Waals surface area contributed by atoms with Crippen molar-refractivity contribution in [3.63, 3.8) is 0 Å². The van der Waals surface area contributed by atoms with Gasteiger partial charge in [0.2, 0.25) is 11.2 Å². The quantitative estimate of drug-likeness (QED) is 0.781. The minimum absolute atomic E-state index is 0.121. The molecule has 3 rings (SSSR count). The second kappa shape index (κ2) is 5.14. The monoisotopic (exact) mass is 302 g/mol. The van der Waals surface area contributed by atoms with Crippen LogP contribution in [0.5, 0.6) is 11.5 Å². The van der Waals surface area contributed by atoms with Gasteiger partial charge < -0.3 is 14.3 Å². The van der Waals surface area contributed by atoms with Crippen molar-refractivity contribution in [1.82, 2.24) is 0 Å². The lowest BCUT2D eigenvalue weighted by molar-refractivity contribution is 0.398. The van der Waals surface area contributed by atoms with Gasteiger partial charge in [0.25, 0.3) is 0 Å². The van der Waals surface area contributed by atoms with Crippen LogP contribution in [0.4, 0.5) is 0 Å². The molecule has 1 N–H and O–H groups in total. The first-order valence-corrected chi connectivity index (χ1v) is 6.57. The Labute approximate surface area is 125 Å². The Morgan fingerprint density at radius 3 is 2.52 bits per heavy atom. The topological polar surface area (TPSA) is 59.7 Å². The molecule has 0 fully saturated rings. The van der Waals surface area contributed by atoms with Crippen LogP contribution in [-0.4, -0.2) is 12.2 Å². The maximum Gasteiger partial charge on any atom is 0.235 e. The molecule has 0 aliphatic carbocycles. The minimum atomic E-state index is -0.265. The smallest absolute Gasteiger partial charge is 0.235 e. The summed E-state index contributed by atoms with van der Waals surface area (Å²) >= 11 is 5.94. The van der Waals surface area contributed by atoms with E-state index in [1.165, 1.54) is 19.2 Å². The summed E-state index contributed by atoms with van der Waals surface area (Å²) in [5.41, 5.74) is 0.749. The van der Waals surface area contributed by atoms with Crippen LogP contribution in [0.2, 0.25) is 5.02 Å². The second-order valence-electron chi connectivity index (χ2n) is 4.48. The van der Waals surface area contributed by atoms with Crippen molar-refractivity contribution in [1.29, 1.82) is 0 Å². The Morgan fingerprint density at radius 1 is 1.14 bits per heavy atom. The SMILES string of the molecule is COc1c(-c2ccc(O)cc2)oc2cc(Cl)ccc2c1=O. The number of benzene rings is 2. The summed E-state index contributed by atoms with van der Waals surface area (Å²) in [7, 11) is 1.41. The summed E-state index contributed by atoms with van der Waals surface area (Å²) < 4.78 is 11.0. The summed E-state index contributed by atoms with van der Waals surface area (Å²) in [4.78, 5) is 12.5. The van der Waals surface area contributed by atoms with Gasteiger partial charge in [0.05, 0.1) is 12.5 Å². The Hall–Kier alpha value is -2.46. The lowest BCUT2D eigenvalue weighted by Gasteiger charge is -2.09. The zero-order valence-corrected chi connectivity index (χ0v) is 11.8. The van der Waals surface area contributed by atoms with Gasteiger partial charge in [-0.3, -0.25) is 4.79 Å². The highest BCUT2D eigenvalue weighted by atomic mass is 35.5. The summed E-state index contributed by atoms with van der Waals surface area (Å²) in [5, 5.41) is 10.2. The molecule has 106 valence electrons. The van der Waals surface area contributed by atoms with E-state index in [2.05, 4.69) is 0 Å². The van der Waals surface area contributed by atoms with E-state index < -0.39 is 0 Å². The van der Waals surface area contributed by atoms with Crippen LogP contribution in [0, 0.1) is 0 Å². The molecule has 0 spiro atoms. The van der Waals surface area contributed by atoms with E-state index >= 15 is 0 Å². The lowest BCUT2D eigenvalue weighted by atomic mass is 10.1. The molecular weight excluding hydrogens is 292 g/mol. The summed E-state index contributed by atoms with van der Waals surface area (Å²) in [6.07, 6.45) is 0. The number of ether oxygens (including phenoxy) is 1. The third kappa shape index (κ3) is 2.34. The van der Waals surface area contributed by atoms with Crippen molar-refractivity contribution >= 4 is 22.6 Å². The van der Waals surface area contributed by atoms with E-state index in [0.29, 0.717) is 27.3 Å². The average Bonchev–Trinajstić information content (AvgIpc) is 2.47. The van der Waals surface area contributed by atoms with Gasteiger partial charge in [0.1, 0.15) is 11.3 Å². The second-order valence-corrected chi connectivity index (χ2v) is 4.92. The van der Waals surface area contributed by atoms with Crippen molar-refractivity contribution in [2.45, 2.75) is 0 Å². The molecule has 0 saturated carbocycles. The molecule has 5 heteroatoms. The van der Waals surface area contributed by atoms with E-state index in [0.717, 1.165) is 0 Å². The van der Waals surface area contributed by atoms with Crippen LogP contribution in [-0.2, 0) is 0 Å². The van der Waals surface area contributed by atoms with Crippen molar-refractivity contribution < 1.29 is 14.3 Å². The van der Waals surface area contributed by atoms with Crippen molar-refractivity contribution in [3.05, 3.63) is 57.7 Å². The standard InChI is InChI=1S/C16H11ClO4/c1-20-16-14(19)12-7-4-10(17)8-13(12)21-15(16)9-2-5-11(18)6-3-9/h2-8,18H,1H3. The fourth-order valence-corrected chi connectivity index (χ4v) is 2.30. The molecule has 3 aromatic rings. The molecule has 0 atom stereocenters.